The number of benzene rings is 2. The van der Waals surface area contributed by atoms with Gasteiger partial charge in [-0.05, 0) is 44.9 Å². The maximum atomic E-state index is 13.4. The summed E-state index contributed by atoms with van der Waals surface area (Å²) in [5, 5.41) is 10.7. The van der Waals surface area contributed by atoms with Crippen LogP contribution in [-0.2, 0) is 9.59 Å². The number of amidine groups is 1. The number of ether oxygens (including phenoxy) is 1. The van der Waals surface area contributed by atoms with Gasteiger partial charge in [0, 0.05) is 36.2 Å². The van der Waals surface area contributed by atoms with Crippen LogP contribution in [0.5, 0.6) is 5.75 Å². The molecule has 4 rings (SSSR count). The number of nitrogens with zero attached hydrogens (tertiary/aromatic N) is 2. The number of piperidine rings is 1. The molecular formula is C26H33N5O3. The minimum atomic E-state index is -0.868. The van der Waals surface area contributed by atoms with Gasteiger partial charge >= 0.3 is 0 Å². The van der Waals surface area contributed by atoms with Crippen LogP contribution < -0.4 is 20.7 Å². The zero-order chi connectivity index (χ0) is 24.2. The van der Waals surface area contributed by atoms with Crippen molar-refractivity contribution in [3.63, 3.8) is 0 Å². The van der Waals surface area contributed by atoms with Gasteiger partial charge in [0.1, 0.15) is 11.6 Å². The lowest BCUT2D eigenvalue weighted by Gasteiger charge is -2.39. The summed E-state index contributed by atoms with van der Waals surface area (Å²) in [5.74, 6) is 0.176. The number of nitrogens with two attached hydrogens (primary N) is 1. The third-order valence-electron chi connectivity index (χ3n) is 6.79. The van der Waals surface area contributed by atoms with E-state index in [9.17, 15) is 9.59 Å². The predicted molar refractivity (Wildman–Crippen MR) is 132 cm³/mol. The molecule has 0 saturated carbocycles. The molecule has 180 valence electrons. The molecular weight excluding hydrogens is 430 g/mol. The van der Waals surface area contributed by atoms with E-state index in [1.54, 1.807) is 29.2 Å². The average molecular weight is 464 g/mol. The molecule has 4 N–H and O–H groups in total. The number of hydrogen-bond donors (Lipinski definition) is 3. The van der Waals surface area contributed by atoms with E-state index in [1.165, 1.54) is 6.42 Å². The Morgan fingerprint density at radius 3 is 2.62 bits per heavy atom. The summed E-state index contributed by atoms with van der Waals surface area (Å²) in [6.45, 7) is 5.17. The highest BCUT2D eigenvalue weighted by molar-refractivity contribution is 6.01. The first-order valence-corrected chi connectivity index (χ1v) is 11.9. The van der Waals surface area contributed by atoms with Crippen molar-refractivity contribution in [3.8, 4) is 5.75 Å². The Morgan fingerprint density at radius 1 is 1.15 bits per heavy atom. The van der Waals surface area contributed by atoms with Crippen LogP contribution in [0.25, 0.3) is 0 Å². The Labute approximate surface area is 200 Å². The van der Waals surface area contributed by atoms with Crippen LogP contribution in [0.2, 0.25) is 0 Å². The first-order valence-electron chi connectivity index (χ1n) is 11.9. The van der Waals surface area contributed by atoms with Crippen LogP contribution >= 0.6 is 0 Å². The van der Waals surface area contributed by atoms with Crippen molar-refractivity contribution in [3.05, 3.63) is 59.7 Å². The van der Waals surface area contributed by atoms with Crippen molar-refractivity contribution in [2.75, 3.05) is 18.1 Å². The van der Waals surface area contributed by atoms with E-state index in [4.69, 9.17) is 15.9 Å². The monoisotopic (exact) mass is 463 g/mol. The van der Waals surface area contributed by atoms with Crippen molar-refractivity contribution < 1.29 is 14.3 Å². The van der Waals surface area contributed by atoms with E-state index in [0.717, 1.165) is 12.8 Å². The smallest absolute Gasteiger partial charge is 0.272 e. The molecule has 0 aromatic heterocycles. The molecule has 2 heterocycles. The van der Waals surface area contributed by atoms with Crippen molar-refractivity contribution >= 4 is 23.3 Å². The lowest BCUT2D eigenvalue weighted by atomic mass is 9.98. The van der Waals surface area contributed by atoms with Gasteiger partial charge in [0.15, 0.2) is 0 Å². The maximum absolute atomic E-state index is 13.4. The Balaban J connectivity index is 1.46. The summed E-state index contributed by atoms with van der Waals surface area (Å²) in [7, 11) is 0. The second-order valence-corrected chi connectivity index (χ2v) is 9.15. The topological polar surface area (TPSA) is 112 Å². The van der Waals surface area contributed by atoms with E-state index >= 15 is 0 Å². The SMILES string of the molecule is C[C@@H]1CCC[C@H](C)N1CNC(=O)CCN1C(=O)C(c2cccc(C(=N)N)c2)Oc2ccccc21. The van der Waals surface area contributed by atoms with Crippen LogP contribution in [0.15, 0.2) is 48.5 Å². The zero-order valence-corrected chi connectivity index (χ0v) is 19.8. The molecule has 2 aromatic carbocycles. The third kappa shape index (κ3) is 5.07. The second kappa shape index (κ2) is 10.3. The molecule has 2 aliphatic heterocycles. The largest absolute Gasteiger partial charge is 0.474 e. The Morgan fingerprint density at radius 2 is 1.88 bits per heavy atom. The minimum Gasteiger partial charge on any atom is -0.474 e. The van der Waals surface area contributed by atoms with Gasteiger partial charge in [-0.15, -0.1) is 0 Å². The summed E-state index contributed by atoms with van der Waals surface area (Å²) >= 11 is 0. The molecule has 0 radical (unpaired) electrons. The fourth-order valence-corrected chi connectivity index (χ4v) is 4.80. The molecule has 2 aliphatic rings. The van der Waals surface area contributed by atoms with Gasteiger partial charge in [-0.3, -0.25) is 19.9 Å². The first-order chi connectivity index (χ1) is 16.3. The molecule has 0 aliphatic carbocycles. The number of nitrogens with one attached hydrogen (secondary N) is 2. The summed E-state index contributed by atoms with van der Waals surface area (Å²) in [4.78, 5) is 30.1. The zero-order valence-electron chi connectivity index (χ0n) is 19.8. The quantitative estimate of drug-likeness (QED) is 0.431. The van der Waals surface area contributed by atoms with Gasteiger partial charge in [0.05, 0.1) is 12.4 Å². The Hall–Kier alpha value is -3.39. The fourth-order valence-electron chi connectivity index (χ4n) is 4.80. The molecule has 2 aromatic rings. The van der Waals surface area contributed by atoms with Gasteiger partial charge in [-0.2, -0.15) is 0 Å². The van der Waals surface area contributed by atoms with Crippen molar-refractivity contribution in [1.29, 1.82) is 5.41 Å². The first kappa shape index (κ1) is 23.8. The molecule has 3 atom stereocenters. The number of hydrogen-bond acceptors (Lipinski definition) is 5. The number of amides is 2. The molecule has 2 amide bonds. The molecule has 34 heavy (non-hydrogen) atoms. The van der Waals surface area contributed by atoms with Crippen LogP contribution in [0, 0.1) is 5.41 Å². The molecule has 1 fully saturated rings. The molecule has 8 nitrogen and oxygen atoms in total. The van der Waals surface area contributed by atoms with E-state index in [2.05, 4.69) is 24.1 Å². The number of anilines is 1. The molecule has 0 spiro atoms. The van der Waals surface area contributed by atoms with Crippen molar-refractivity contribution in [2.24, 2.45) is 5.73 Å². The van der Waals surface area contributed by atoms with Gasteiger partial charge in [-0.25, -0.2) is 0 Å². The van der Waals surface area contributed by atoms with Gasteiger partial charge in [0.25, 0.3) is 5.91 Å². The molecule has 1 unspecified atom stereocenters. The number of carbonyl (C=O) groups is 2. The standard InChI is InChI=1S/C26H33N5O3/c1-17-7-5-8-18(2)31(17)16-29-23(32)13-14-30-21-11-3-4-12-22(21)34-24(26(30)33)19-9-6-10-20(15-19)25(27)28/h3-4,6,9-12,15,17-18,24H,5,7-8,13-14,16H2,1-2H3,(H3,27,28)(H,29,32)/t17-,18+,24?. The normalized spacial score (nSPS) is 22.6. The Kier molecular flexibility index (Phi) is 7.17. The average Bonchev–Trinajstić information content (AvgIpc) is 2.83. The summed E-state index contributed by atoms with van der Waals surface area (Å²) in [6, 6.07) is 15.2. The van der Waals surface area contributed by atoms with Gasteiger partial charge in [-0.1, -0.05) is 36.8 Å². The van der Waals surface area contributed by atoms with E-state index in [1.807, 2.05) is 24.3 Å². The van der Waals surface area contributed by atoms with Gasteiger partial charge < -0.3 is 20.7 Å². The summed E-state index contributed by atoms with van der Waals surface area (Å²) in [5.41, 5.74) is 7.43. The van der Waals surface area contributed by atoms with E-state index < -0.39 is 6.10 Å². The number of rotatable bonds is 7. The van der Waals surface area contributed by atoms with Gasteiger partial charge in [0.2, 0.25) is 12.0 Å². The van der Waals surface area contributed by atoms with Crippen molar-refractivity contribution in [2.45, 2.75) is 57.7 Å². The number of para-hydroxylation sites is 2. The lowest BCUT2D eigenvalue weighted by Crippen LogP contribution is -2.50. The van der Waals surface area contributed by atoms with Crippen LogP contribution in [0.1, 0.15) is 56.8 Å². The Bertz CT molecular complexity index is 1060. The molecule has 0 bridgehead atoms. The van der Waals surface area contributed by atoms with E-state index in [0.29, 0.717) is 41.3 Å². The third-order valence-corrected chi connectivity index (χ3v) is 6.79. The highest BCUT2D eigenvalue weighted by Crippen LogP contribution is 2.38. The number of carbonyl (C=O) groups excluding carboxylic acids is 2. The summed E-state index contributed by atoms with van der Waals surface area (Å²) < 4.78 is 6.04. The predicted octanol–water partition coefficient (Wildman–Crippen LogP) is 3.16. The van der Waals surface area contributed by atoms with Crippen LogP contribution in [0.3, 0.4) is 0 Å². The number of likely N-dealkylation sites (tertiary alicyclic amines) is 1. The number of nitrogen functional groups attached to an aromatic ring is 1. The fraction of sp³-hybridized carbons (Fsp3) is 0.423. The molecule has 8 heteroatoms. The lowest BCUT2D eigenvalue weighted by molar-refractivity contribution is -0.126. The van der Waals surface area contributed by atoms with Crippen LogP contribution in [-0.4, -0.2) is 47.8 Å². The highest BCUT2D eigenvalue weighted by atomic mass is 16.5. The summed E-state index contributed by atoms with van der Waals surface area (Å²) in [6.07, 6.45) is 2.84. The minimum absolute atomic E-state index is 0.0728. The number of fused-ring (bicyclic) bond motifs is 1. The van der Waals surface area contributed by atoms with E-state index in [-0.39, 0.29) is 30.6 Å². The highest BCUT2D eigenvalue weighted by Gasteiger charge is 2.35. The second-order valence-electron chi connectivity index (χ2n) is 9.15. The maximum Gasteiger partial charge on any atom is 0.272 e. The van der Waals surface area contributed by atoms with Crippen LogP contribution in [0.4, 0.5) is 5.69 Å². The van der Waals surface area contributed by atoms with Crippen molar-refractivity contribution in [1.82, 2.24) is 10.2 Å². The molecule has 1 saturated heterocycles.